The molecule has 2 aromatic rings. The number of nitrogens with one attached hydrogen (secondary N) is 2. The molecule has 0 unspecified atom stereocenters. The molecule has 2 rings (SSSR count). The van der Waals surface area contributed by atoms with Gasteiger partial charge >= 0.3 is 0 Å². The molecule has 0 amide bonds. The van der Waals surface area contributed by atoms with Crippen molar-refractivity contribution in [3.05, 3.63) is 35.8 Å². The van der Waals surface area contributed by atoms with Gasteiger partial charge in [-0.3, -0.25) is 0 Å². The van der Waals surface area contributed by atoms with Crippen LogP contribution in [0, 0.1) is 0 Å². The van der Waals surface area contributed by atoms with Gasteiger partial charge in [0.15, 0.2) is 0 Å². The molecule has 0 atom stereocenters. The summed E-state index contributed by atoms with van der Waals surface area (Å²) in [6, 6.07) is 6.26. The Bertz CT molecular complexity index is 582. The summed E-state index contributed by atoms with van der Waals surface area (Å²) in [7, 11) is 3.62. The average Bonchev–Trinajstić information content (AvgIpc) is 2.86. The fourth-order valence-corrected chi connectivity index (χ4v) is 2.23. The van der Waals surface area contributed by atoms with Crippen LogP contribution in [0.5, 0.6) is 5.75 Å². The molecule has 0 aliphatic heterocycles. The van der Waals surface area contributed by atoms with E-state index in [9.17, 15) is 0 Å². The fraction of sp³-hybridized carbons (Fsp3) is 0.438. The molecule has 0 aliphatic rings. The predicted octanol–water partition coefficient (Wildman–Crippen LogP) is 3.10. The summed E-state index contributed by atoms with van der Waals surface area (Å²) in [5.41, 5.74) is 3.39. The Kier molecular flexibility index (Phi) is 4.14. The first-order valence-corrected chi connectivity index (χ1v) is 6.83. The van der Waals surface area contributed by atoms with Crippen LogP contribution in [0.4, 0.5) is 0 Å². The molecule has 0 saturated carbocycles. The van der Waals surface area contributed by atoms with E-state index in [4.69, 9.17) is 4.74 Å². The van der Waals surface area contributed by atoms with Crippen molar-refractivity contribution in [2.24, 2.45) is 0 Å². The number of hydrogen-bond donors (Lipinski definition) is 2. The summed E-state index contributed by atoms with van der Waals surface area (Å²) in [6.45, 7) is 7.30. The van der Waals surface area contributed by atoms with E-state index < -0.39 is 0 Å². The Labute approximate surface area is 120 Å². The van der Waals surface area contributed by atoms with Crippen molar-refractivity contribution < 1.29 is 4.74 Å². The van der Waals surface area contributed by atoms with Crippen molar-refractivity contribution in [2.75, 3.05) is 14.2 Å². The Morgan fingerprint density at radius 1 is 1.30 bits per heavy atom. The van der Waals surface area contributed by atoms with E-state index in [1.807, 2.05) is 19.3 Å². The second kappa shape index (κ2) is 5.67. The third-order valence-electron chi connectivity index (χ3n) is 3.29. The van der Waals surface area contributed by atoms with Gasteiger partial charge in [0.05, 0.1) is 25.5 Å². The first kappa shape index (κ1) is 14.6. The van der Waals surface area contributed by atoms with Crippen molar-refractivity contribution in [1.29, 1.82) is 0 Å². The average molecular weight is 273 g/mol. The van der Waals surface area contributed by atoms with Gasteiger partial charge in [0, 0.05) is 11.1 Å². The number of benzene rings is 1. The maximum atomic E-state index is 5.47. The number of ether oxygens (including phenoxy) is 1. The fourth-order valence-electron chi connectivity index (χ4n) is 2.23. The number of aromatic amines is 1. The van der Waals surface area contributed by atoms with E-state index in [0.717, 1.165) is 29.4 Å². The number of nitrogens with zero attached hydrogens (tertiary/aromatic N) is 1. The van der Waals surface area contributed by atoms with Gasteiger partial charge in [0.25, 0.3) is 0 Å². The SMILES string of the molecule is CNCc1ncc(-c2ccc(OC)c(C(C)(C)C)c2)[nH]1. The Morgan fingerprint density at radius 3 is 2.65 bits per heavy atom. The molecule has 4 nitrogen and oxygen atoms in total. The summed E-state index contributed by atoms with van der Waals surface area (Å²) in [6.07, 6.45) is 1.88. The molecule has 0 fully saturated rings. The number of methoxy groups -OCH3 is 1. The summed E-state index contributed by atoms with van der Waals surface area (Å²) in [5.74, 6) is 1.87. The molecule has 0 bridgehead atoms. The standard InChI is InChI=1S/C16H23N3O/c1-16(2,3)12-8-11(6-7-14(12)20-5)13-9-18-15(19-13)10-17-4/h6-9,17H,10H2,1-5H3,(H,18,19). The molecule has 0 spiro atoms. The van der Waals surface area contributed by atoms with E-state index in [1.165, 1.54) is 5.56 Å². The number of aromatic nitrogens is 2. The molecule has 20 heavy (non-hydrogen) atoms. The summed E-state index contributed by atoms with van der Waals surface area (Å²) >= 11 is 0. The van der Waals surface area contributed by atoms with Crippen LogP contribution >= 0.6 is 0 Å². The zero-order chi connectivity index (χ0) is 14.8. The summed E-state index contributed by atoms with van der Waals surface area (Å²) < 4.78 is 5.47. The van der Waals surface area contributed by atoms with Crippen molar-refractivity contribution in [3.63, 3.8) is 0 Å². The Hall–Kier alpha value is -1.81. The van der Waals surface area contributed by atoms with Crippen molar-refractivity contribution >= 4 is 0 Å². The molecule has 4 heteroatoms. The van der Waals surface area contributed by atoms with Crippen LogP contribution in [0.25, 0.3) is 11.3 Å². The largest absolute Gasteiger partial charge is 0.496 e. The number of rotatable bonds is 4. The molecule has 1 aromatic heterocycles. The Morgan fingerprint density at radius 2 is 2.05 bits per heavy atom. The quantitative estimate of drug-likeness (QED) is 0.900. The van der Waals surface area contributed by atoms with Crippen LogP contribution in [0.15, 0.2) is 24.4 Å². The number of hydrogen-bond acceptors (Lipinski definition) is 3. The van der Waals surface area contributed by atoms with Gasteiger partial charge in [-0.2, -0.15) is 0 Å². The molecule has 0 aliphatic carbocycles. The predicted molar refractivity (Wildman–Crippen MR) is 82.0 cm³/mol. The van der Waals surface area contributed by atoms with Gasteiger partial charge in [-0.05, 0) is 30.7 Å². The molecule has 1 heterocycles. The monoisotopic (exact) mass is 273 g/mol. The van der Waals surface area contributed by atoms with E-state index in [-0.39, 0.29) is 5.41 Å². The van der Waals surface area contributed by atoms with Crippen LogP contribution in [0.3, 0.4) is 0 Å². The van der Waals surface area contributed by atoms with Gasteiger partial charge < -0.3 is 15.0 Å². The highest BCUT2D eigenvalue weighted by Gasteiger charge is 2.19. The van der Waals surface area contributed by atoms with Crippen molar-refractivity contribution in [1.82, 2.24) is 15.3 Å². The van der Waals surface area contributed by atoms with Gasteiger partial charge in [0.1, 0.15) is 11.6 Å². The highest BCUT2D eigenvalue weighted by atomic mass is 16.5. The molecular formula is C16H23N3O. The lowest BCUT2D eigenvalue weighted by molar-refractivity contribution is 0.397. The van der Waals surface area contributed by atoms with Gasteiger partial charge in [-0.1, -0.05) is 20.8 Å². The topological polar surface area (TPSA) is 49.9 Å². The number of imidazole rings is 1. The second-order valence-corrected chi connectivity index (χ2v) is 5.94. The maximum Gasteiger partial charge on any atom is 0.122 e. The Balaban J connectivity index is 2.42. The number of H-pyrrole nitrogens is 1. The van der Waals surface area contributed by atoms with Crippen LogP contribution < -0.4 is 10.1 Å². The lowest BCUT2D eigenvalue weighted by Gasteiger charge is -2.22. The molecule has 0 saturated heterocycles. The van der Waals surface area contributed by atoms with Gasteiger partial charge in [-0.15, -0.1) is 0 Å². The third-order valence-corrected chi connectivity index (χ3v) is 3.29. The summed E-state index contributed by atoms with van der Waals surface area (Å²) in [4.78, 5) is 7.70. The highest BCUT2D eigenvalue weighted by Crippen LogP contribution is 2.34. The third kappa shape index (κ3) is 3.02. The molecule has 0 radical (unpaired) electrons. The minimum Gasteiger partial charge on any atom is -0.496 e. The van der Waals surface area contributed by atoms with Gasteiger partial charge in [0.2, 0.25) is 0 Å². The van der Waals surface area contributed by atoms with Crippen LogP contribution in [-0.2, 0) is 12.0 Å². The minimum atomic E-state index is 0.0369. The van der Waals surface area contributed by atoms with Crippen molar-refractivity contribution in [2.45, 2.75) is 32.7 Å². The van der Waals surface area contributed by atoms with Crippen LogP contribution in [0.1, 0.15) is 32.2 Å². The normalized spacial score (nSPS) is 11.7. The zero-order valence-electron chi connectivity index (χ0n) is 12.9. The van der Waals surface area contributed by atoms with E-state index in [0.29, 0.717) is 0 Å². The molecule has 108 valence electrons. The second-order valence-electron chi connectivity index (χ2n) is 5.94. The molecular weight excluding hydrogens is 250 g/mol. The minimum absolute atomic E-state index is 0.0369. The first-order valence-electron chi connectivity index (χ1n) is 6.83. The van der Waals surface area contributed by atoms with Gasteiger partial charge in [-0.25, -0.2) is 4.98 Å². The maximum absolute atomic E-state index is 5.47. The van der Waals surface area contributed by atoms with Crippen LogP contribution in [0.2, 0.25) is 0 Å². The van der Waals surface area contributed by atoms with Crippen molar-refractivity contribution in [3.8, 4) is 17.0 Å². The molecule has 2 N–H and O–H groups in total. The summed E-state index contributed by atoms with van der Waals surface area (Å²) in [5, 5.41) is 3.09. The van der Waals surface area contributed by atoms with E-state index >= 15 is 0 Å². The van der Waals surface area contributed by atoms with Crippen LogP contribution in [-0.4, -0.2) is 24.1 Å². The zero-order valence-corrected chi connectivity index (χ0v) is 12.9. The highest BCUT2D eigenvalue weighted by molar-refractivity contribution is 5.62. The van der Waals surface area contributed by atoms with E-state index in [1.54, 1.807) is 7.11 Å². The first-order chi connectivity index (χ1) is 9.45. The lowest BCUT2D eigenvalue weighted by atomic mass is 9.85. The smallest absolute Gasteiger partial charge is 0.122 e. The van der Waals surface area contributed by atoms with E-state index in [2.05, 4.69) is 48.2 Å². The lowest BCUT2D eigenvalue weighted by Crippen LogP contribution is -2.13. The molecule has 1 aromatic carbocycles.